The molecule has 2 aromatic heterocycles. The summed E-state index contributed by atoms with van der Waals surface area (Å²) in [5.74, 6) is 6.50. The molecule has 0 saturated carbocycles. The summed E-state index contributed by atoms with van der Waals surface area (Å²) >= 11 is 0. The molecule has 2 atom stereocenters. The summed E-state index contributed by atoms with van der Waals surface area (Å²) in [6, 6.07) is 9.56. The minimum Gasteiger partial charge on any atom is -0.434 e. The maximum Gasteiger partial charge on any atom is 0.387 e. The van der Waals surface area contributed by atoms with Crippen LogP contribution >= 0.6 is 0 Å². The van der Waals surface area contributed by atoms with E-state index in [0.717, 1.165) is 16.6 Å². The van der Waals surface area contributed by atoms with Crippen molar-refractivity contribution in [2.45, 2.75) is 25.1 Å². The van der Waals surface area contributed by atoms with Crippen LogP contribution in [0.4, 0.5) is 8.78 Å². The van der Waals surface area contributed by atoms with Crippen LogP contribution in [0, 0.1) is 11.8 Å². The van der Waals surface area contributed by atoms with Gasteiger partial charge in [0.25, 0.3) is 5.91 Å². The van der Waals surface area contributed by atoms with Gasteiger partial charge < -0.3 is 14.6 Å². The van der Waals surface area contributed by atoms with Crippen molar-refractivity contribution in [3.63, 3.8) is 0 Å². The summed E-state index contributed by atoms with van der Waals surface area (Å²) in [7, 11) is 1.76. The van der Waals surface area contributed by atoms with Crippen LogP contribution in [0.25, 0.3) is 11.0 Å². The van der Waals surface area contributed by atoms with Crippen LogP contribution in [0.1, 0.15) is 51.5 Å². The number of fused-ring (bicyclic) bond motifs is 9. The van der Waals surface area contributed by atoms with Crippen molar-refractivity contribution in [3.8, 4) is 17.6 Å². The summed E-state index contributed by atoms with van der Waals surface area (Å²) in [5.41, 5.74) is 3.73. The topological polar surface area (TPSA) is 86.9 Å². The van der Waals surface area contributed by atoms with E-state index in [2.05, 4.69) is 27.5 Å². The highest BCUT2D eigenvalue weighted by molar-refractivity contribution is 5.98. The van der Waals surface area contributed by atoms with E-state index in [1.54, 1.807) is 30.1 Å². The monoisotopic (exact) mass is 446 g/mol. The van der Waals surface area contributed by atoms with Gasteiger partial charge in [0, 0.05) is 23.7 Å². The van der Waals surface area contributed by atoms with Crippen LogP contribution in [0.15, 0.2) is 42.6 Å². The number of carbonyl (C=O) groups excluding carboxylic acids is 1. The number of nitrogens with one attached hydrogen (secondary N) is 1. The minimum atomic E-state index is -3.00. The van der Waals surface area contributed by atoms with E-state index in [-0.39, 0.29) is 23.7 Å². The van der Waals surface area contributed by atoms with Crippen LogP contribution in [0.5, 0.6) is 5.75 Å². The van der Waals surface area contributed by atoms with Crippen LogP contribution in [-0.2, 0) is 7.05 Å². The smallest absolute Gasteiger partial charge is 0.387 e. The Morgan fingerprint density at radius 2 is 2.12 bits per heavy atom. The fraction of sp³-hybridized carbons (Fsp3) is 0.217. The summed E-state index contributed by atoms with van der Waals surface area (Å²) in [4.78, 5) is 17.5. The number of benzene rings is 2. The van der Waals surface area contributed by atoms with Gasteiger partial charge in [-0.2, -0.15) is 8.78 Å². The Bertz CT molecular complexity index is 1500. The average Bonchev–Trinajstić information content (AvgIpc) is 3.43. The summed E-state index contributed by atoms with van der Waals surface area (Å²) in [6.07, 6.45) is 2.08. The van der Waals surface area contributed by atoms with Crippen molar-refractivity contribution in [1.82, 2.24) is 29.9 Å². The van der Waals surface area contributed by atoms with Crippen molar-refractivity contribution < 1.29 is 18.3 Å². The number of nitrogens with zero attached hydrogens (tertiary/aromatic N) is 5. The molecule has 6 rings (SSSR count). The minimum absolute atomic E-state index is 0.00217. The van der Waals surface area contributed by atoms with E-state index >= 15 is 0 Å². The van der Waals surface area contributed by atoms with Crippen molar-refractivity contribution in [2.24, 2.45) is 7.05 Å². The predicted octanol–water partition coefficient (Wildman–Crippen LogP) is 2.94. The molecule has 1 amide bonds. The maximum atomic E-state index is 13.1. The van der Waals surface area contributed by atoms with Gasteiger partial charge in [-0.1, -0.05) is 17.2 Å². The van der Waals surface area contributed by atoms with Crippen LogP contribution in [-0.4, -0.2) is 37.1 Å². The van der Waals surface area contributed by atoms with E-state index in [9.17, 15) is 13.6 Å². The molecule has 2 bridgehead atoms. The Morgan fingerprint density at radius 1 is 1.24 bits per heavy atom. The van der Waals surface area contributed by atoms with Gasteiger partial charge in [-0.25, -0.2) is 9.67 Å². The maximum absolute atomic E-state index is 13.1. The molecule has 2 aliphatic rings. The second-order valence-corrected chi connectivity index (χ2v) is 7.91. The third-order valence-corrected chi connectivity index (χ3v) is 6.01. The first-order valence-corrected chi connectivity index (χ1v) is 10.3. The number of halogens is 2. The van der Waals surface area contributed by atoms with Gasteiger partial charge in [0.2, 0.25) is 0 Å². The molecule has 10 heteroatoms. The summed E-state index contributed by atoms with van der Waals surface area (Å²) < 4.78 is 34.6. The van der Waals surface area contributed by atoms with Gasteiger partial charge in [0.1, 0.15) is 17.3 Å². The van der Waals surface area contributed by atoms with E-state index < -0.39 is 6.61 Å². The van der Waals surface area contributed by atoms with E-state index in [1.807, 2.05) is 22.8 Å². The number of carbonyl (C=O) groups is 1. The van der Waals surface area contributed by atoms with Crippen molar-refractivity contribution in [1.29, 1.82) is 0 Å². The molecular weight excluding hydrogens is 430 g/mol. The fourth-order valence-corrected chi connectivity index (χ4v) is 4.63. The van der Waals surface area contributed by atoms with Gasteiger partial charge in [-0.05, 0) is 42.7 Å². The molecule has 33 heavy (non-hydrogen) atoms. The molecule has 0 radical (unpaired) electrons. The normalized spacial score (nSPS) is 18.4. The lowest BCUT2D eigenvalue weighted by Gasteiger charge is -2.21. The number of alkyl halides is 2. The quantitative estimate of drug-likeness (QED) is 0.479. The van der Waals surface area contributed by atoms with E-state index in [1.165, 1.54) is 6.07 Å². The zero-order valence-electron chi connectivity index (χ0n) is 17.3. The zero-order chi connectivity index (χ0) is 22.7. The SMILES string of the molecule is Cn1nncc1C#Cc1ccc2nc3n(c2c1)[C@@H]1C[C@H]3NC(=O)c2cccc(OC(F)F)c21. The molecule has 4 heterocycles. The standard InChI is InChI=1S/C23H16F2N6O2/c1-30-13(11-26-29-30)7-5-12-6-8-15-17(9-12)31-18-10-16(21(31)27-15)28-22(32)14-3-2-4-19(20(14)18)33-23(24)25/h2-4,6,8-9,11,16,18,23H,10H2,1H3,(H,28,32)/t16-,18-/m1/s1. The molecule has 2 aromatic carbocycles. The highest BCUT2D eigenvalue weighted by atomic mass is 19.3. The van der Waals surface area contributed by atoms with Crippen LogP contribution < -0.4 is 10.1 Å². The lowest BCUT2D eigenvalue weighted by Crippen LogP contribution is -2.28. The van der Waals surface area contributed by atoms with Crippen molar-refractivity contribution in [2.75, 3.05) is 0 Å². The first-order valence-electron chi connectivity index (χ1n) is 10.3. The van der Waals surface area contributed by atoms with Crippen molar-refractivity contribution in [3.05, 3.63) is 70.8 Å². The molecule has 0 unspecified atom stereocenters. The van der Waals surface area contributed by atoms with Gasteiger partial charge in [0.05, 0.1) is 29.3 Å². The Hall–Kier alpha value is -4.26. The molecule has 164 valence electrons. The Kier molecular flexibility index (Phi) is 4.20. The molecule has 0 aliphatic carbocycles. The molecule has 0 saturated heterocycles. The Labute approximate surface area is 186 Å². The lowest BCUT2D eigenvalue weighted by molar-refractivity contribution is -0.0507. The third kappa shape index (κ3) is 3.04. The number of amides is 1. The number of aryl methyl sites for hydroxylation is 1. The van der Waals surface area contributed by atoms with Gasteiger partial charge in [0.15, 0.2) is 0 Å². The Morgan fingerprint density at radius 3 is 2.91 bits per heavy atom. The first kappa shape index (κ1) is 19.4. The molecule has 0 spiro atoms. The van der Waals surface area contributed by atoms with Crippen LogP contribution in [0.2, 0.25) is 0 Å². The second kappa shape index (κ2) is 7.13. The van der Waals surface area contributed by atoms with Crippen molar-refractivity contribution >= 4 is 16.9 Å². The van der Waals surface area contributed by atoms with E-state index in [4.69, 9.17) is 9.72 Å². The van der Waals surface area contributed by atoms with Gasteiger partial charge >= 0.3 is 6.61 Å². The first-order chi connectivity index (χ1) is 16.0. The fourth-order valence-electron chi connectivity index (χ4n) is 4.63. The largest absolute Gasteiger partial charge is 0.434 e. The predicted molar refractivity (Wildman–Crippen MR) is 113 cm³/mol. The highest BCUT2D eigenvalue weighted by Crippen LogP contribution is 2.47. The highest BCUT2D eigenvalue weighted by Gasteiger charge is 2.42. The zero-order valence-corrected chi connectivity index (χ0v) is 17.3. The number of rotatable bonds is 2. The number of imidazole rings is 1. The van der Waals surface area contributed by atoms with Gasteiger partial charge in [-0.3, -0.25) is 4.79 Å². The summed E-state index contributed by atoms with van der Waals surface area (Å²) in [6.45, 7) is -3.00. The number of ether oxygens (including phenoxy) is 1. The molecule has 2 aliphatic heterocycles. The Balaban J connectivity index is 1.51. The average molecular weight is 446 g/mol. The number of hydrogen-bond acceptors (Lipinski definition) is 5. The molecular formula is C23H16F2N6O2. The van der Waals surface area contributed by atoms with Crippen LogP contribution in [0.3, 0.4) is 0 Å². The van der Waals surface area contributed by atoms with E-state index in [0.29, 0.717) is 29.1 Å². The third-order valence-electron chi connectivity index (χ3n) is 6.01. The second-order valence-electron chi connectivity index (χ2n) is 7.91. The number of hydrogen-bond donors (Lipinski definition) is 1. The molecule has 8 nitrogen and oxygen atoms in total. The molecule has 0 fully saturated rings. The van der Waals surface area contributed by atoms with Gasteiger partial charge in [-0.15, -0.1) is 5.10 Å². The lowest BCUT2D eigenvalue weighted by atomic mass is 9.97. The molecule has 4 aromatic rings. The molecule has 1 N–H and O–H groups in total. The summed E-state index contributed by atoms with van der Waals surface area (Å²) in [5, 5.41) is 10.7. The number of aromatic nitrogens is 5.